The predicted octanol–water partition coefficient (Wildman–Crippen LogP) is 4.09. The van der Waals surface area contributed by atoms with Crippen molar-refractivity contribution in [1.29, 1.82) is 5.26 Å². The zero-order valence-corrected chi connectivity index (χ0v) is 13.3. The normalized spacial score (nSPS) is 17.3. The second-order valence-electron chi connectivity index (χ2n) is 5.73. The van der Waals surface area contributed by atoms with E-state index in [0.29, 0.717) is 17.3 Å². The van der Waals surface area contributed by atoms with Gasteiger partial charge >= 0.3 is 0 Å². The number of hydrogen-bond acceptors (Lipinski definition) is 4. The van der Waals surface area contributed by atoms with E-state index >= 15 is 0 Å². The van der Waals surface area contributed by atoms with E-state index in [1.165, 1.54) is 28.8 Å². The average molecular weight is 297 g/mol. The van der Waals surface area contributed by atoms with E-state index in [-0.39, 0.29) is 0 Å². The van der Waals surface area contributed by atoms with Crippen LogP contribution in [0.15, 0.2) is 11.4 Å². The molecule has 0 spiro atoms. The van der Waals surface area contributed by atoms with E-state index in [1.807, 2.05) is 0 Å². The number of nitrogens with zero attached hydrogens (tertiary/aromatic N) is 2. The quantitative estimate of drug-likeness (QED) is 0.908. The third-order valence-corrected chi connectivity index (χ3v) is 5.51. The molecule has 0 saturated heterocycles. The van der Waals surface area contributed by atoms with Crippen LogP contribution in [0.1, 0.15) is 42.1 Å². The lowest BCUT2D eigenvalue weighted by Crippen LogP contribution is -2.18. The van der Waals surface area contributed by atoms with Gasteiger partial charge in [0, 0.05) is 16.1 Å². The first-order valence-corrected chi connectivity index (χ1v) is 8.29. The first kappa shape index (κ1) is 14.1. The van der Waals surface area contributed by atoms with Gasteiger partial charge in [-0.3, -0.25) is 0 Å². The Morgan fingerprint density at radius 1 is 1.52 bits per heavy atom. The van der Waals surface area contributed by atoms with Gasteiger partial charge in [-0.15, -0.1) is 11.3 Å². The molecule has 108 valence electrons. The van der Waals surface area contributed by atoms with Crippen molar-refractivity contribution in [3.05, 3.63) is 33.8 Å². The standard InChI is InChI=1S/C17H19N3S/c1-3-11-4-5-14-12(8-11)15(13(9-18)17(19)20-14)16-10(2)6-7-21-16/h6-7,11H,3-5,8H2,1-2H3,(H2,19,20). The summed E-state index contributed by atoms with van der Waals surface area (Å²) in [4.78, 5) is 5.69. The number of aromatic nitrogens is 1. The number of nitriles is 1. The highest BCUT2D eigenvalue weighted by Gasteiger charge is 2.26. The van der Waals surface area contributed by atoms with Crippen LogP contribution in [0.2, 0.25) is 0 Å². The summed E-state index contributed by atoms with van der Waals surface area (Å²) in [5.41, 5.74) is 11.2. The Bertz CT molecular complexity index is 724. The lowest BCUT2D eigenvalue weighted by Gasteiger charge is -2.26. The summed E-state index contributed by atoms with van der Waals surface area (Å²) < 4.78 is 0. The van der Waals surface area contributed by atoms with Crippen LogP contribution in [-0.4, -0.2) is 4.98 Å². The highest BCUT2D eigenvalue weighted by atomic mass is 32.1. The highest BCUT2D eigenvalue weighted by Crippen LogP contribution is 2.41. The summed E-state index contributed by atoms with van der Waals surface area (Å²) in [5.74, 6) is 1.07. The fourth-order valence-corrected chi connectivity index (χ4v) is 4.20. The molecule has 1 aliphatic carbocycles. The number of anilines is 1. The summed E-state index contributed by atoms with van der Waals surface area (Å²) >= 11 is 1.69. The van der Waals surface area contributed by atoms with Crippen LogP contribution in [0, 0.1) is 24.2 Å². The molecule has 2 heterocycles. The molecule has 1 aliphatic rings. The zero-order valence-electron chi connectivity index (χ0n) is 12.4. The molecule has 0 aromatic carbocycles. The van der Waals surface area contributed by atoms with E-state index in [0.717, 1.165) is 24.1 Å². The maximum atomic E-state index is 9.55. The maximum absolute atomic E-state index is 9.55. The zero-order chi connectivity index (χ0) is 15.0. The summed E-state index contributed by atoms with van der Waals surface area (Å²) in [7, 11) is 0. The largest absolute Gasteiger partial charge is 0.383 e. The minimum Gasteiger partial charge on any atom is -0.383 e. The Morgan fingerprint density at radius 3 is 2.95 bits per heavy atom. The van der Waals surface area contributed by atoms with Crippen LogP contribution in [0.25, 0.3) is 10.4 Å². The number of fused-ring (bicyclic) bond motifs is 1. The molecular weight excluding hydrogens is 278 g/mol. The topological polar surface area (TPSA) is 62.7 Å². The average Bonchev–Trinajstić information content (AvgIpc) is 2.91. The van der Waals surface area contributed by atoms with E-state index < -0.39 is 0 Å². The third-order valence-electron chi connectivity index (χ3n) is 4.47. The molecule has 4 heteroatoms. The second-order valence-corrected chi connectivity index (χ2v) is 6.65. The Labute approximate surface area is 129 Å². The highest BCUT2D eigenvalue weighted by molar-refractivity contribution is 7.13. The lowest BCUT2D eigenvalue weighted by molar-refractivity contribution is 0.441. The van der Waals surface area contributed by atoms with Crippen molar-refractivity contribution in [3.63, 3.8) is 0 Å². The molecule has 3 rings (SSSR count). The number of aryl methyl sites for hydroxylation is 2. The van der Waals surface area contributed by atoms with Crippen molar-refractivity contribution in [2.24, 2.45) is 5.92 Å². The van der Waals surface area contributed by atoms with Gasteiger partial charge in [0.05, 0.1) is 0 Å². The van der Waals surface area contributed by atoms with Crippen molar-refractivity contribution >= 4 is 17.2 Å². The van der Waals surface area contributed by atoms with Gasteiger partial charge in [0.25, 0.3) is 0 Å². The molecule has 3 nitrogen and oxygen atoms in total. The molecule has 1 atom stereocenters. The van der Waals surface area contributed by atoms with Crippen LogP contribution < -0.4 is 5.73 Å². The fraction of sp³-hybridized carbons (Fsp3) is 0.412. The molecule has 1 unspecified atom stereocenters. The van der Waals surface area contributed by atoms with Gasteiger partial charge in [0.2, 0.25) is 0 Å². The summed E-state index contributed by atoms with van der Waals surface area (Å²) in [5, 5.41) is 11.6. The van der Waals surface area contributed by atoms with Crippen molar-refractivity contribution in [2.75, 3.05) is 5.73 Å². The number of pyridine rings is 1. The van der Waals surface area contributed by atoms with Crippen LogP contribution in [0.3, 0.4) is 0 Å². The van der Waals surface area contributed by atoms with E-state index in [2.05, 4.69) is 36.3 Å². The van der Waals surface area contributed by atoms with Crippen molar-refractivity contribution in [1.82, 2.24) is 4.98 Å². The molecule has 0 amide bonds. The third kappa shape index (κ3) is 2.32. The van der Waals surface area contributed by atoms with Crippen molar-refractivity contribution in [2.45, 2.75) is 39.5 Å². The number of nitrogens with two attached hydrogens (primary N) is 1. The molecule has 0 fully saturated rings. The van der Waals surface area contributed by atoms with Gasteiger partial charge in [-0.1, -0.05) is 13.3 Å². The number of rotatable bonds is 2. The summed E-state index contributed by atoms with van der Waals surface area (Å²) in [6.45, 7) is 4.33. The van der Waals surface area contributed by atoms with Gasteiger partial charge in [-0.25, -0.2) is 4.98 Å². The SMILES string of the molecule is CCC1CCc2nc(N)c(C#N)c(-c3sccc3C)c2C1. The smallest absolute Gasteiger partial charge is 0.142 e. The predicted molar refractivity (Wildman–Crippen MR) is 87.2 cm³/mol. The molecule has 21 heavy (non-hydrogen) atoms. The van der Waals surface area contributed by atoms with Crippen LogP contribution in [0.4, 0.5) is 5.82 Å². The van der Waals surface area contributed by atoms with Gasteiger partial charge in [0.1, 0.15) is 17.5 Å². The fourth-order valence-electron chi connectivity index (χ4n) is 3.19. The molecule has 2 aromatic rings. The van der Waals surface area contributed by atoms with E-state index in [1.54, 1.807) is 11.3 Å². The Balaban J connectivity index is 2.28. The second kappa shape index (κ2) is 5.50. The maximum Gasteiger partial charge on any atom is 0.142 e. The molecule has 0 radical (unpaired) electrons. The number of hydrogen-bond donors (Lipinski definition) is 1. The first-order valence-electron chi connectivity index (χ1n) is 7.41. The van der Waals surface area contributed by atoms with Gasteiger partial charge < -0.3 is 5.73 Å². The Morgan fingerprint density at radius 2 is 2.33 bits per heavy atom. The minimum atomic E-state index is 0.383. The van der Waals surface area contributed by atoms with Gasteiger partial charge in [-0.2, -0.15) is 5.26 Å². The Hall–Kier alpha value is -1.86. The van der Waals surface area contributed by atoms with Crippen LogP contribution in [0.5, 0.6) is 0 Å². The van der Waals surface area contributed by atoms with E-state index in [9.17, 15) is 5.26 Å². The van der Waals surface area contributed by atoms with E-state index in [4.69, 9.17) is 5.73 Å². The van der Waals surface area contributed by atoms with Crippen LogP contribution in [-0.2, 0) is 12.8 Å². The minimum absolute atomic E-state index is 0.383. The molecule has 0 bridgehead atoms. The summed E-state index contributed by atoms with van der Waals surface area (Å²) in [6.07, 6.45) is 4.33. The molecule has 0 saturated carbocycles. The molecule has 2 aromatic heterocycles. The van der Waals surface area contributed by atoms with Gasteiger partial charge in [-0.05, 0) is 54.7 Å². The van der Waals surface area contributed by atoms with Crippen LogP contribution >= 0.6 is 11.3 Å². The Kier molecular flexibility index (Phi) is 3.69. The van der Waals surface area contributed by atoms with Gasteiger partial charge in [0.15, 0.2) is 0 Å². The number of thiophene rings is 1. The monoisotopic (exact) mass is 297 g/mol. The molecular formula is C17H19N3S. The number of nitrogen functional groups attached to an aromatic ring is 1. The molecule has 0 aliphatic heterocycles. The first-order chi connectivity index (χ1) is 10.2. The molecule has 2 N–H and O–H groups in total. The van der Waals surface area contributed by atoms with Crippen molar-refractivity contribution < 1.29 is 0 Å². The lowest BCUT2D eigenvalue weighted by atomic mass is 9.81. The van der Waals surface area contributed by atoms with Crippen molar-refractivity contribution in [3.8, 4) is 16.5 Å². The summed E-state index contributed by atoms with van der Waals surface area (Å²) in [6, 6.07) is 4.38.